The standard InChI is InChI=1S/C25H27NO4S/c1-18-16-25(14-13-22(18)19(2)27)24(28)23(15-20-9-5-3-6-10-20)26(31(25,29)30)17-21-11-7-4-8-12-21/h3-12,23H,13-17H2,1-2H3. The molecule has 2 atom stereocenters. The van der Waals surface area contributed by atoms with Crippen molar-refractivity contribution in [1.29, 1.82) is 0 Å². The number of benzene rings is 2. The molecule has 1 aliphatic heterocycles. The number of hydrogen-bond donors (Lipinski definition) is 0. The molecular weight excluding hydrogens is 410 g/mol. The number of carbonyl (C=O) groups is 2. The lowest BCUT2D eigenvalue weighted by molar-refractivity contribution is -0.124. The number of sulfonamides is 1. The minimum Gasteiger partial charge on any atom is -0.296 e. The fourth-order valence-corrected chi connectivity index (χ4v) is 7.44. The number of hydrogen-bond acceptors (Lipinski definition) is 4. The predicted octanol–water partition coefficient (Wildman–Crippen LogP) is 3.84. The summed E-state index contributed by atoms with van der Waals surface area (Å²) in [7, 11) is -3.91. The van der Waals surface area contributed by atoms with Crippen LogP contribution in [0, 0.1) is 0 Å². The molecule has 0 radical (unpaired) electrons. The molecule has 1 heterocycles. The van der Waals surface area contributed by atoms with E-state index in [0.29, 0.717) is 18.4 Å². The number of nitrogens with zero attached hydrogens (tertiary/aromatic N) is 1. The highest BCUT2D eigenvalue weighted by atomic mass is 32.2. The first kappa shape index (κ1) is 21.7. The van der Waals surface area contributed by atoms with E-state index >= 15 is 0 Å². The lowest BCUT2D eigenvalue weighted by atomic mass is 9.78. The summed E-state index contributed by atoms with van der Waals surface area (Å²) in [5, 5.41) is 0. The molecular formula is C25H27NO4S. The van der Waals surface area contributed by atoms with Crippen LogP contribution in [-0.4, -0.2) is 35.1 Å². The summed E-state index contributed by atoms with van der Waals surface area (Å²) in [5.74, 6) is -0.286. The predicted molar refractivity (Wildman–Crippen MR) is 120 cm³/mol. The molecule has 2 unspecified atom stereocenters. The smallest absolute Gasteiger partial charge is 0.228 e. The SMILES string of the molecule is CC(=O)C1=C(C)CC2(CC1)C(=O)C(Cc1ccccc1)N(Cc1ccccc1)S2(=O)=O. The number of rotatable bonds is 5. The Morgan fingerprint density at radius 3 is 2.16 bits per heavy atom. The number of allylic oxidation sites excluding steroid dienone is 2. The van der Waals surface area contributed by atoms with Crippen molar-refractivity contribution < 1.29 is 18.0 Å². The first-order valence-corrected chi connectivity index (χ1v) is 12.0. The Labute approximate surface area is 183 Å². The normalized spacial score (nSPS) is 25.9. The summed E-state index contributed by atoms with van der Waals surface area (Å²) in [6, 6.07) is 18.2. The minimum atomic E-state index is -3.91. The molecule has 0 aromatic heterocycles. The van der Waals surface area contributed by atoms with Crippen LogP contribution in [0.2, 0.25) is 0 Å². The molecule has 0 amide bonds. The number of carbonyl (C=O) groups excluding carboxylic acids is 2. The molecule has 162 valence electrons. The van der Waals surface area contributed by atoms with Crippen molar-refractivity contribution in [3.8, 4) is 0 Å². The third kappa shape index (κ3) is 3.68. The van der Waals surface area contributed by atoms with Crippen LogP contribution in [-0.2, 0) is 32.6 Å². The first-order valence-electron chi connectivity index (χ1n) is 10.6. The highest BCUT2D eigenvalue weighted by molar-refractivity contribution is 7.92. The molecule has 1 saturated heterocycles. The van der Waals surface area contributed by atoms with Crippen LogP contribution in [0.4, 0.5) is 0 Å². The van der Waals surface area contributed by atoms with Crippen LogP contribution in [0.5, 0.6) is 0 Å². The van der Waals surface area contributed by atoms with Gasteiger partial charge in [0.25, 0.3) is 0 Å². The van der Waals surface area contributed by atoms with Gasteiger partial charge in [-0.1, -0.05) is 66.2 Å². The van der Waals surface area contributed by atoms with E-state index in [1.807, 2.05) is 60.7 Å². The van der Waals surface area contributed by atoms with E-state index in [1.54, 1.807) is 6.92 Å². The molecule has 31 heavy (non-hydrogen) atoms. The molecule has 0 N–H and O–H groups in total. The third-order valence-electron chi connectivity index (χ3n) is 6.62. The van der Waals surface area contributed by atoms with Gasteiger partial charge in [0.1, 0.15) is 0 Å². The first-order chi connectivity index (χ1) is 14.8. The fourth-order valence-electron chi connectivity index (χ4n) is 5.01. The summed E-state index contributed by atoms with van der Waals surface area (Å²) in [4.78, 5) is 25.8. The van der Waals surface area contributed by atoms with Gasteiger partial charge in [-0.3, -0.25) is 9.59 Å². The molecule has 6 heteroatoms. The Hall–Kier alpha value is -2.57. The molecule has 1 fully saturated rings. The monoisotopic (exact) mass is 437 g/mol. The zero-order valence-electron chi connectivity index (χ0n) is 17.9. The molecule has 2 aromatic rings. The van der Waals surface area contributed by atoms with Crippen LogP contribution in [0.15, 0.2) is 71.8 Å². The van der Waals surface area contributed by atoms with Crippen LogP contribution < -0.4 is 0 Å². The molecule has 1 aliphatic carbocycles. The highest BCUT2D eigenvalue weighted by Crippen LogP contribution is 2.47. The Morgan fingerprint density at radius 1 is 1.03 bits per heavy atom. The zero-order chi connectivity index (χ0) is 22.2. The lowest BCUT2D eigenvalue weighted by Crippen LogP contribution is -2.46. The van der Waals surface area contributed by atoms with Gasteiger partial charge in [-0.2, -0.15) is 4.31 Å². The summed E-state index contributed by atoms with van der Waals surface area (Å²) in [6.07, 6.45) is 0.926. The average Bonchev–Trinajstić information content (AvgIpc) is 2.88. The van der Waals surface area contributed by atoms with Gasteiger partial charge in [0.2, 0.25) is 10.0 Å². The van der Waals surface area contributed by atoms with E-state index in [1.165, 1.54) is 11.2 Å². The topological polar surface area (TPSA) is 71.5 Å². The summed E-state index contributed by atoms with van der Waals surface area (Å²) in [5.41, 5.74) is 3.16. The van der Waals surface area contributed by atoms with Crippen molar-refractivity contribution in [3.05, 3.63) is 82.9 Å². The Balaban J connectivity index is 1.78. The van der Waals surface area contributed by atoms with Crippen LogP contribution in [0.3, 0.4) is 0 Å². The summed E-state index contributed by atoms with van der Waals surface area (Å²) < 4.78 is 27.7. The Kier molecular flexibility index (Phi) is 5.71. The molecule has 0 bridgehead atoms. The fraction of sp³-hybridized carbons (Fsp3) is 0.360. The molecule has 5 nitrogen and oxygen atoms in total. The van der Waals surface area contributed by atoms with Gasteiger partial charge in [-0.15, -0.1) is 0 Å². The lowest BCUT2D eigenvalue weighted by Gasteiger charge is -2.32. The minimum absolute atomic E-state index is 0.0443. The second-order valence-electron chi connectivity index (χ2n) is 8.59. The van der Waals surface area contributed by atoms with E-state index in [4.69, 9.17) is 0 Å². The van der Waals surface area contributed by atoms with Crippen LogP contribution >= 0.6 is 0 Å². The van der Waals surface area contributed by atoms with Gasteiger partial charge >= 0.3 is 0 Å². The molecule has 2 aliphatic rings. The van der Waals surface area contributed by atoms with Crippen LogP contribution in [0.1, 0.15) is 44.2 Å². The van der Waals surface area contributed by atoms with Gasteiger partial charge in [0, 0.05) is 6.54 Å². The highest BCUT2D eigenvalue weighted by Gasteiger charge is 2.64. The summed E-state index contributed by atoms with van der Waals surface area (Å²) in [6.45, 7) is 3.45. The second kappa shape index (κ2) is 8.17. The van der Waals surface area contributed by atoms with Crippen molar-refractivity contribution in [3.63, 3.8) is 0 Å². The van der Waals surface area contributed by atoms with Gasteiger partial charge in [-0.05, 0) is 56.2 Å². The maximum atomic E-state index is 13.9. The van der Waals surface area contributed by atoms with Crippen molar-refractivity contribution in [2.45, 2.75) is 56.9 Å². The van der Waals surface area contributed by atoms with Gasteiger partial charge < -0.3 is 0 Å². The van der Waals surface area contributed by atoms with Crippen LogP contribution in [0.25, 0.3) is 0 Å². The number of ketones is 2. The molecule has 4 rings (SSSR count). The van der Waals surface area contributed by atoms with E-state index < -0.39 is 20.8 Å². The quantitative estimate of drug-likeness (QED) is 0.713. The zero-order valence-corrected chi connectivity index (χ0v) is 18.7. The Morgan fingerprint density at radius 2 is 1.61 bits per heavy atom. The molecule has 0 saturated carbocycles. The van der Waals surface area contributed by atoms with E-state index in [2.05, 4.69) is 0 Å². The molecule has 2 aromatic carbocycles. The maximum Gasteiger partial charge on any atom is 0.228 e. The molecule has 1 spiro atoms. The summed E-state index contributed by atoms with van der Waals surface area (Å²) >= 11 is 0. The Bertz CT molecular complexity index is 1140. The van der Waals surface area contributed by atoms with Gasteiger partial charge in [-0.25, -0.2) is 8.42 Å². The van der Waals surface area contributed by atoms with Crippen molar-refractivity contribution in [2.24, 2.45) is 0 Å². The number of Topliss-reactive ketones (excluding diaryl/α,β-unsaturated/α-hetero) is 2. The largest absolute Gasteiger partial charge is 0.296 e. The average molecular weight is 438 g/mol. The van der Waals surface area contributed by atoms with Gasteiger partial charge in [0.15, 0.2) is 16.3 Å². The van der Waals surface area contributed by atoms with E-state index in [0.717, 1.165) is 16.7 Å². The second-order valence-corrected chi connectivity index (χ2v) is 10.8. The van der Waals surface area contributed by atoms with Crippen molar-refractivity contribution >= 4 is 21.6 Å². The maximum absolute atomic E-state index is 13.9. The van der Waals surface area contributed by atoms with Crippen molar-refractivity contribution in [2.75, 3.05) is 0 Å². The third-order valence-corrected chi connectivity index (χ3v) is 9.16. The van der Waals surface area contributed by atoms with E-state index in [9.17, 15) is 18.0 Å². The van der Waals surface area contributed by atoms with E-state index in [-0.39, 0.29) is 31.0 Å². The van der Waals surface area contributed by atoms with Gasteiger partial charge in [0.05, 0.1) is 6.04 Å². The van der Waals surface area contributed by atoms with Crippen molar-refractivity contribution in [1.82, 2.24) is 4.31 Å².